The third kappa shape index (κ3) is 5.77. The summed E-state index contributed by atoms with van der Waals surface area (Å²) in [5, 5.41) is 9.14. The molecular weight excluding hydrogens is 368 g/mol. The van der Waals surface area contributed by atoms with Gasteiger partial charge >= 0.3 is 0 Å². The molecule has 0 N–H and O–H groups in total. The molecule has 2 fully saturated rings. The van der Waals surface area contributed by atoms with E-state index in [2.05, 4.69) is 72.9 Å². The molecule has 4 heteroatoms. The molecule has 2 saturated heterocycles. The Balaban J connectivity index is 1.42. The van der Waals surface area contributed by atoms with Gasteiger partial charge in [0.15, 0.2) is 0 Å². The molecule has 0 spiro atoms. The first-order valence-electron chi connectivity index (χ1n) is 11.8. The van der Waals surface area contributed by atoms with E-state index in [0.29, 0.717) is 0 Å². The topological polar surface area (TPSA) is 24.7 Å². The van der Waals surface area contributed by atoms with Gasteiger partial charge in [0.05, 0.1) is 51.6 Å². The molecule has 0 radical (unpaired) electrons. The van der Waals surface area contributed by atoms with Crippen LogP contribution in [-0.2, 0) is 13.1 Å². The number of rotatable bonds is 6. The van der Waals surface area contributed by atoms with Gasteiger partial charge in [0.25, 0.3) is 0 Å². The van der Waals surface area contributed by atoms with Crippen LogP contribution in [0.15, 0.2) is 58.8 Å². The fraction of sp³-hybridized carbons (Fsp3) is 0.538. The third-order valence-corrected chi connectivity index (χ3v) is 7.02. The molecular formula is C26H38N4+2. The molecule has 0 aromatic heterocycles. The van der Waals surface area contributed by atoms with Gasteiger partial charge < -0.3 is 8.97 Å². The molecule has 2 heterocycles. The molecule has 0 amide bonds. The summed E-state index contributed by atoms with van der Waals surface area (Å²) in [5.74, 6) is 0. The lowest BCUT2D eigenvalue weighted by atomic mass is 10.1. The summed E-state index contributed by atoms with van der Waals surface area (Å²) in [7, 11) is 4.79. The zero-order chi connectivity index (χ0) is 20.9. The number of quaternary nitrogens is 2. The Bertz CT molecular complexity index is 789. The predicted octanol–water partition coefficient (Wildman–Crippen LogP) is 6.36. The lowest BCUT2D eigenvalue weighted by molar-refractivity contribution is -0.926. The molecule has 30 heavy (non-hydrogen) atoms. The lowest BCUT2D eigenvalue weighted by Crippen LogP contribution is -2.46. The largest absolute Gasteiger partial charge is 0.322 e. The zero-order valence-electron chi connectivity index (χ0n) is 18.9. The van der Waals surface area contributed by atoms with E-state index < -0.39 is 0 Å². The Morgan fingerprint density at radius 2 is 1.00 bits per heavy atom. The van der Waals surface area contributed by atoms with Gasteiger partial charge in [-0.1, -0.05) is 24.3 Å². The number of benzene rings is 2. The quantitative estimate of drug-likeness (QED) is 0.394. The summed E-state index contributed by atoms with van der Waals surface area (Å²) in [6.07, 6.45) is 8.18. The first-order chi connectivity index (χ1) is 14.5. The molecule has 160 valence electrons. The smallest absolute Gasteiger partial charge is 0.104 e. The molecule has 0 bridgehead atoms. The molecule has 2 aliphatic heterocycles. The van der Waals surface area contributed by atoms with E-state index in [-0.39, 0.29) is 0 Å². The number of hydrogen-bond acceptors (Lipinski definition) is 2. The van der Waals surface area contributed by atoms with Crippen LogP contribution in [0.2, 0.25) is 0 Å². The molecule has 0 unspecified atom stereocenters. The van der Waals surface area contributed by atoms with Crippen molar-refractivity contribution in [1.29, 1.82) is 0 Å². The standard InChI is InChI=1S/C26H38N4/c1-29(15-5-3-6-16-29)21-23-11-9-13-25(19-23)27-28-26-14-10-12-24(20-26)22-30(2)17-7-4-8-18-30/h9-14,19-20H,3-8,15-18,21-22H2,1-2H3/q+2. The molecule has 0 atom stereocenters. The highest BCUT2D eigenvalue weighted by Gasteiger charge is 2.25. The monoisotopic (exact) mass is 406 g/mol. The second kappa shape index (κ2) is 9.40. The molecule has 0 saturated carbocycles. The van der Waals surface area contributed by atoms with Crippen molar-refractivity contribution in [2.75, 3.05) is 40.3 Å². The lowest BCUT2D eigenvalue weighted by Gasteiger charge is -2.37. The molecule has 2 aliphatic rings. The molecule has 2 aromatic rings. The van der Waals surface area contributed by atoms with Crippen LogP contribution < -0.4 is 0 Å². The van der Waals surface area contributed by atoms with E-state index in [4.69, 9.17) is 0 Å². The Kier molecular flexibility index (Phi) is 6.64. The maximum Gasteiger partial charge on any atom is 0.104 e. The zero-order valence-corrected chi connectivity index (χ0v) is 18.9. The van der Waals surface area contributed by atoms with Crippen LogP contribution in [0.3, 0.4) is 0 Å². The van der Waals surface area contributed by atoms with Crippen LogP contribution in [0.25, 0.3) is 0 Å². The number of nitrogens with zero attached hydrogens (tertiary/aromatic N) is 4. The number of likely N-dealkylation sites (tertiary alicyclic amines) is 2. The van der Waals surface area contributed by atoms with Crippen molar-refractivity contribution < 1.29 is 8.97 Å². The van der Waals surface area contributed by atoms with Crippen molar-refractivity contribution in [2.45, 2.75) is 51.6 Å². The van der Waals surface area contributed by atoms with Gasteiger partial charge in [-0.15, -0.1) is 0 Å². The molecule has 4 rings (SSSR count). The van der Waals surface area contributed by atoms with Gasteiger partial charge in [-0.25, -0.2) is 0 Å². The first-order valence-corrected chi connectivity index (χ1v) is 11.8. The van der Waals surface area contributed by atoms with E-state index in [1.165, 1.54) is 75.8 Å². The number of hydrogen-bond donors (Lipinski definition) is 0. The van der Waals surface area contributed by atoms with Crippen LogP contribution in [0, 0.1) is 0 Å². The average molecular weight is 407 g/mol. The summed E-state index contributed by atoms with van der Waals surface area (Å²) in [5.41, 5.74) is 4.65. The molecule has 2 aromatic carbocycles. The highest BCUT2D eigenvalue weighted by molar-refractivity contribution is 5.43. The minimum atomic E-state index is 0.955. The fourth-order valence-electron chi connectivity index (χ4n) is 5.30. The Hall–Kier alpha value is -2.04. The van der Waals surface area contributed by atoms with Gasteiger partial charge in [-0.3, -0.25) is 0 Å². The SMILES string of the molecule is C[N+]1(Cc2cccc(N=Nc3cccc(C[N+]4(C)CCCCC4)c3)c2)CCCCC1. The van der Waals surface area contributed by atoms with E-state index in [0.717, 1.165) is 33.4 Å². The summed E-state index contributed by atoms with van der Waals surface area (Å²) < 4.78 is 2.30. The maximum absolute atomic E-state index is 4.57. The predicted molar refractivity (Wildman–Crippen MR) is 124 cm³/mol. The summed E-state index contributed by atoms with van der Waals surface area (Å²) >= 11 is 0. The van der Waals surface area contributed by atoms with Gasteiger partial charge in [0.1, 0.15) is 13.1 Å². The van der Waals surface area contributed by atoms with Gasteiger partial charge in [0, 0.05) is 11.1 Å². The minimum Gasteiger partial charge on any atom is -0.322 e. The second-order valence-electron chi connectivity index (χ2n) is 10.1. The summed E-state index contributed by atoms with van der Waals surface area (Å²) in [6.45, 7) is 7.34. The molecule has 4 nitrogen and oxygen atoms in total. The van der Waals surface area contributed by atoms with E-state index >= 15 is 0 Å². The van der Waals surface area contributed by atoms with Crippen molar-refractivity contribution in [2.24, 2.45) is 10.2 Å². The summed E-state index contributed by atoms with van der Waals surface area (Å²) in [6, 6.07) is 17.3. The Morgan fingerprint density at radius 3 is 1.40 bits per heavy atom. The highest BCUT2D eigenvalue weighted by atomic mass is 15.3. The van der Waals surface area contributed by atoms with Crippen molar-refractivity contribution >= 4 is 11.4 Å². The van der Waals surface area contributed by atoms with Crippen LogP contribution in [0.5, 0.6) is 0 Å². The highest BCUT2D eigenvalue weighted by Crippen LogP contribution is 2.26. The van der Waals surface area contributed by atoms with Crippen LogP contribution in [0.1, 0.15) is 49.7 Å². The average Bonchev–Trinajstić information content (AvgIpc) is 2.73. The van der Waals surface area contributed by atoms with Crippen molar-refractivity contribution in [1.82, 2.24) is 0 Å². The van der Waals surface area contributed by atoms with Crippen LogP contribution in [-0.4, -0.2) is 49.2 Å². The van der Waals surface area contributed by atoms with E-state index in [1.54, 1.807) is 0 Å². The van der Waals surface area contributed by atoms with Crippen molar-refractivity contribution in [3.05, 3.63) is 59.7 Å². The van der Waals surface area contributed by atoms with Crippen molar-refractivity contribution in [3.63, 3.8) is 0 Å². The van der Waals surface area contributed by atoms with Crippen LogP contribution >= 0.6 is 0 Å². The number of piperidine rings is 2. The van der Waals surface area contributed by atoms with Crippen LogP contribution in [0.4, 0.5) is 11.4 Å². The molecule has 0 aliphatic carbocycles. The fourth-order valence-corrected chi connectivity index (χ4v) is 5.30. The Morgan fingerprint density at radius 1 is 0.600 bits per heavy atom. The van der Waals surface area contributed by atoms with Gasteiger partial charge in [-0.2, -0.15) is 10.2 Å². The third-order valence-electron chi connectivity index (χ3n) is 7.02. The first kappa shape index (κ1) is 21.2. The van der Waals surface area contributed by atoms with E-state index in [9.17, 15) is 0 Å². The van der Waals surface area contributed by atoms with Crippen molar-refractivity contribution in [3.8, 4) is 0 Å². The number of azo groups is 1. The summed E-state index contributed by atoms with van der Waals surface area (Å²) in [4.78, 5) is 0. The van der Waals surface area contributed by atoms with Gasteiger partial charge in [0.2, 0.25) is 0 Å². The second-order valence-corrected chi connectivity index (χ2v) is 10.1. The normalized spacial score (nSPS) is 21.0. The van der Waals surface area contributed by atoms with E-state index in [1.807, 2.05) is 0 Å². The maximum atomic E-state index is 4.57. The Labute approximate surface area is 182 Å². The van der Waals surface area contributed by atoms with Gasteiger partial charge in [-0.05, 0) is 62.8 Å². The minimum absolute atomic E-state index is 0.955.